The largest absolute Gasteiger partial charge is 0.493 e. The molecule has 1 aliphatic heterocycles. The summed E-state index contributed by atoms with van der Waals surface area (Å²) in [6, 6.07) is 5.75. The summed E-state index contributed by atoms with van der Waals surface area (Å²) in [6.45, 7) is 3.47. The van der Waals surface area contributed by atoms with E-state index >= 15 is 0 Å². The topological polar surface area (TPSA) is 93.9 Å². The van der Waals surface area contributed by atoms with E-state index in [1.54, 1.807) is 19.1 Å². The molecule has 1 aliphatic carbocycles. The van der Waals surface area contributed by atoms with E-state index in [0.29, 0.717) is 43.5 Å². The van der Waals surface area contributed by atoms with Crippen molar-refractivity contribution in [2.45, 2.75) is 38.1 Å². The van der Waals surface area contributed by atoms with Gasteiger partial charge in [0.25, 0.3) is 0 Å². The van der Waals surface area contributed by atoms with E-state index in [-0.39, 0.29) is 29.7 Å². The van der Waals surface area contributed by atoms with Crippen molar-refractivity contribution in [3.05, 3.63) is 23.8 Å². The number of hydrogen-bond donors (Lipinski definition) is 2. The molecule has 7 nitrogen and oxygen atoms in total. The van der Waals surface area contributed by atoms with Crippen molar-refractivity contribution in [1.29, 1.82) is 0 Å². The number of methoxy groups -OCH3 is 2. The molecule has 2 amide bonds. The van der Waals surface area contributed by atoms with Gasteiger partial charge in [-0.05, 0) is 49.8 Å². The van der Waals surface area contributed by atoms with E-state index in [9.17, 15) is 9.59 Å². The van der Waals surface area contributed by atoms with Gasteiger partial charge in [-0.3, -0.25) is 9.59 Å². The van der Waals surface area contributed by atoms with Crippen LogP contribution in [0.2, 0.25) is 0 Å². The molecular weight excluding hydrogens is 358 g/mol. The molecule has 1 saturated heterocycles. The molecule has 0 spiro atoms. The zero-order chi connectivity index (χ0) is 20.3. The SMILES string of the molecule is COc1ccc(CCN2CC(C(=O)NC(C)(CN)C3CC3)CC2=O)cc1OC. The number of amides is 2. The lowest BCUT2D eigenvalue weighted by Gasteiger charge is -2.30. The van der Waals surface area contributed by atoms with Crippen molar-refractivity contribution in [2.75, 3.05) is 33.9 Å². The van der Waals surface area contributed by atoms with Gasteiger partial charge in [-0.2, -0.15) is 0 Å². The highest BCUT2D eigenvalue weighted by molar-refractivity contribution is 5.89. The third kappa shape index (κ3) is 4.41. The summed E-state index contributed by atoms with van der Waals surface area (Å²) in [5.41, 5.74) is 6.60. The normalized spacial score (nSPS) is 21.4. The van der Waals surface area contributed by atoms with Crippen molar-refractivity contribution in [1.82, 2.24) is 10.2 Å². The number of likely N-dealkylation sites (tertiary alicyclic amines) is 1. The van der Waals surface area contributed by atoms with E-state index in [1.807, 2.05) is 25.1 Å². The first-order valence-corrected chi connectivity index (χ1v) is 9.91. The molecule has 1 aromatic rings. The second kappa shape index (κ2) is 8.39. The third-order valence-corrected chi connectivity index (χ3v) is 6.01. The fourth-order valence-electron chi connectivity index (χ4n) is 3.89. The number of hydrogen-bond acceptors (Lipinski definition) is 5. The number of benzene rings is 1. The molecule has 1 heterocycles. The van der Waals surface area contributed by atoms with Crippen molar-refractivity contribution >= 4 is 11.8 Å². The van der Waals surface area contributed by atoms with Crippen LogP contribution in [0.4, 0.5) is 0 Å². The molecule has 0 aromatic heterocycles. The van der Waals surface area contributed by atoms with E-state index in [0.717, 1.165) is 18.4 Å². The summed E-state index contributed by atoms with van der Waals surface area (Å²) < 4.78 is 10.6. The Hall–Kier alpha value is -2.28. The molecule has 3 N–H and O–H groups in total. The summed E-state index contributed by atoms with van der Waals surface area (Å²) in [4.78, 5) is 26.9. The van der Waals surface area contributed by atoms with Gasteiger partial charge in [0.05, 0.1) is 25.7 Å². The molecule has 2 aliphatic rings. The molecule has 0 radical (unpaired) electrons. The van der Waals surface area contributed by atoms with Crippen LogP contribution >= 0.6 is 0 Å². The lowest BCUT2D eigenvalue weighted by molar-refractivity contribution is -0.129. The standard InChI is InChI=1S/C21H31N3O4/c1-21(13-22,16-5-6-16)23-20(26)15-11-19(25)24(12-15)9-8-14-4-7-17(27-2)18(10-14)28-3/h4,7,10,15-16H,5-6,8-9,11-13,22H2,1-3H3,(H,23,26). The van der Waals surface area contributed by atoms with Crippen molar-refractivity contribution < 1.29 is 19.1 Å². The van der Waals surface area contributed by atoms with Gasteiger partial charge in [-0.15, -0.1) is 0 Å². The highest BCUT2D eigenvalue weighted by Crippen LogP contribution is 2.39. The number of rotatable bonds is 9. The van der Waals surface area contributed by atoms with Crippen molar-refractivity contribution in [3.63, 3.8) is 0 Å². The molecule has 0 bridgehead atoms. The van der Waals surface area contributed by atoms with Crippen LogP contribution in [0.3, 0.4) is 0 Å². The van der Waals surface area contributed by atoms with Gasteiger partial charge in [0.1, 0.15) is 0 Å². The van der Waals surface area contributed by atoms with Crippen LogP contribution in [-0.4, -0.2) is 56.1 Å². The highest BCUT2D eigenvalue weighted by Gasteiger charge is 2.43. The van der Waals surface area contributed by atoms with E-state index in [1.165, 1.54) is 0 Å². The number of nitrogens with two attached hydrogens (primary N) is 1. The molecule has 1 saturated carbocycles. The van der Waals surface area contributed by atoms with Crippen molar-refractivity contribution in [2.24, 2.45) is 17.6 Å². The van der Waals surface area contributed by atoms with Crippen LogP contribution in [0.25, 0.3) is 0 Å². The minimum atomic E-state index is -0.354. The zero-order valence-electron chi connectivity index (χ0n) is 17.0. The summed E-state index contributed by atoms with van der Waals surface area (Å²) in [7, 11) is 3.20. The zero-order valence-corrected chi connectivity index (χ0v) is 17.0. The molecule has 3 rings (SSSR count). The number of carbonyl (C=O) groups is 2. The third-order valence-electron chi connectivity index (χ3n) is 6.01. The van der Waals surface area contributed by atoms with Gasteiger partial charge in [0, 0.05) is 26.1 Å². The first-order valence-electron chi connectivity index (χ1n) is 9.91. The van der Waals surface area contributed by atoms with E-state index in [2.05, 4.69) is 5.32 Å². The summed E-state index contributed by atoms with van der Waals surface area (Å²) in [5, 5.41) is 3.12. The Labute approximate surface area is 166 Å². The maximum atomic E-state index is 12.7. The first kappa shape index (κ1) is 20.5. The number of ether oxygens (including phenoxy) is 2. The van der Waals surface area contributed by atoms with Gasteiger partial charge in [-0.1, -0.05) is 6.07 Å². The molecule has 154 valence electrons. The van der Waals surface area contributed by atoms with Crippen LogP contribution < -0.4 is 20.5 Å². The number of carbonyl (C=O) groups excluding carboxylic acids is 2. The van der Waals surface area contributed by atoms with Crippen LogP contribution in [0.5, 0.6) is 11.5 Å². The minimum absolute atomic E-state index is 0.0292. The van der Waals surface area contributed by atoms with Gasteiger partial charge in [0.15, 0.2) is 11.5 Å². The summed E-state index contributed by atoms with van der Waals surface area (Å²) in [6.07, 6.45) is 3.18. The molecular formula is C21H31N3O4. The molecule has 28 heavy (non-hydrogen) atoms. The average Bonchev–Trinajstić information content (AvgIpc) is 3.49. The predicted octanol–water partition coefficient (Wildman–Crippen LogP) is 1.34. The first-order chi connectivity index (χ1) is 13.4. The molecule has 2 fully saturated rings. The van der Waals surface area contributed by atoms with E-state index in [4.69, 9.17) is 15.2 Å². The smallest absolute Gasteiger partial charge is 0.225 e. The molecule has 2 unspecified atom stereocenters. The van der Waals surface area contributed by atoms with Crippen LogP contribution in [0.1, 0.15) is 31.7 Å². The fourth-order valence-corrected chi connectivity index (χ4v) is 3.89. The molecule has 2 atom stereocenters. The summed E-state index contributed by atoms with van der Waals surface area (Å²) in [5.74, 6) is 1.48. The summed E-state index contributed by atoms with van der Waals surface area (Å²) >= 11 is 0. The predicted molar refractivity (Wildman–Crippen MR) is 106 cm³/mol. The Bertz CT molecular complexity index is 734. The Balaban J connectivity index is 1.55. The second-order valence-electron chi connectivity index (χ2n) is 8.07. The Kier molecular flexibility index (Phi) is 6.13. The monoisotopic (exact) mass is 389 g/mol. The van der Waals surface area contributed by atoms with Gasteiger partial charge in [0.2, 0.25) is 11.8 Å². The van der Waals surface area contributed by atoms with Crippen LogP contribution in [0, 0.1) is 11.8 Å². The molecule has 7 heteroatoms. The average molecular weight is 389 g/mol. The second-order valence-corrected chi connectivity index (χ2v) is 8.07. The van der Waals surface area contributed by atoms with Gasteiger partial charge < -0.3 is 25.4 Å². The highest BCUT2D eigenvalue weighted by atomic mass is 16.5. The fraction of sp³-hybridized carbons (Fsp3) is 0.619. The maximum Gasteiger partial charge on any atom is 0.225 e. The number of nitrogens with one attached hydrogen (secondary N) is 1. The van der Waals surface area contributed by atoms with Gasteiger partial charge >= 0.3 is 0 Å². The lowest BCUT2D eigenvalue weighted by atomic mass is 9.94. The Morgan fingerprint density at radius 2 is 2.00 bits per heavy atom. The lowest BCUT2D eigenvalue weighted by Crippen LogP contribution is -2.54. The number of nitrogens with zero attached hydrogens (tertiary/aromatic N) is 1. The van der Waals surface area contributed by atoms with Crippen LogP contribution in [0.15, 0.2) is 18.2 Å². The van der Waals surface area contributed by atoms with Crippen LogP contribution in [-0.2, 0) is 16.0 Å². The minimum Gasteiger partial charge on any atom is -0.493 e. The van der Waals surface area contributed by atoms with E-state index < -0.39 is 0 Å². The Morgan fingerprint density at radius 3 is 2.61 bits per heavy atom. The Morgan fingerprint density at radius 1 is 1.29 bits per heavy atom. The molecule has 1 aromatic carbocycles. The quantitative estimate of drug-likeness (QED) is 0.665. The van der Waals surface area contributed by atoms with Gasteiger partial charge in [-0.25, -0.2) is 0 Å². The van der Waals surface area contributed by atoms with Crippen molar-refractivity contribution in [3.8, 4) is 11.5 Å². The maximum absolute atomic E-state index is 12.7.